The fourth-order valence-electron chi connectivity index (χ4n) is 4.76. The third-order valence-electron chi connectivity index (χ3n) is 6.91. The zero-order valence-electron chi connectivity index (χ0n) is 22.8. The lowest BCUT2D eigenvalue weighted by atomic mass is 10.0. The van der Waals surface area contributed by atoms with E-state index < -0.39 is 26.8 Å². The summed E-state index contributed by atoms with van der Waals surface area (Å²) in [5, 5.41) is 9.05. The summed E-state index contributed by atoms with van der Waals surface area (Å²) in [6.45, 7) is 1.72. The van der Waals surface area contributed by atoms with E-state index in [1.165, 1.54) is 36.8 Å². The predicted octanol–water partition coefficient (Wildman–Crippen LogP) is 4.86. The van der Waals surface area contributed by atoms with Gasteiger partial charge in [0.15, 0.2) is 15.7 Å². The summed E-state index contributed by atoms with van der Waals surface area (Å²) in [7, 11) is -3.69. The van der Waals surface area contributed by atoms with Gasteiger partial charge in [-0.2, -0.15) is 5.10 Å². The Labute approximate surface area is 243 Å². The first kappa shape index (κ1) is 28.1. The van der Waals surface area contributed by atoms with Crippen molar-refractivity contribution in [3.63, 3.8) is 0 Å². The molecule has 0 saturated carbocycles. The van der Waals surface area contributed by atoms with E-state index in [0.717, 1.165) is 12.3 Å². The number of nitrogens with zero attached hydrogens (tertiary/aromatic N) is 4. The molecule has 0 spiro atoms. The van der Waals surface area contributed by atoms with Crippen molar-refractivity contribution >= 4 is 43.4 Å². The Morgan fingerprint density at radius 3 is 2.63 bits per heavy atom. The number of nitrogens with one attached hydrogen (secondary N) is 3. The predicted molar refractivity (Wildman–Crippen MR) is 158 cm³/mol. The van der Waals surface area contributed by atoms with Gasteiger partial charge in [-0.15, -0.1) is 0 Å². The van der Waals surface area contributed by atoms with E-state index in [1.54, 1.807) is 25.1 Å². The van der Waals surface area contributed by atoms with E-state index in [1.807, 2.05) is 0 Å². The van der Waals surface area contributed by atoms with E-state index in [4.69, 9.17) is 5.73 Å². The zero-order chi connectivity index (χ0) is 30.5. The number of fused-ring (bicyclic) bond motifs is 2. The van der Waals surface area contributed by atoms with E-state index in [-0.39, 0.29) is 29.0 Å². The average Bonchev–Trinajstić information content (AvgIpc) is 3.59. The molecule has 0 aliphatic rings. The number of anilines is 1. The zero-order valence-corrected chi connectivity index (χ0v) is 23.6. The normalized spacial score (nSPS) is 12.6. The number of halogens is 2. The second-order valence-corrected chi connectivity index (χ2v) is 12.1. The van der Waals surface area contributed by atoms with Gasteiger partial charge in [-0.05, 0) is 42.0 Å². The number of carbonyl (C=O) groups excluding carboxylic acids is 1. The third kappa shape index (κ3) is 5.33. The van der Waals surface area contributed by atoms with Crippen molar-refractivity contribution in [1.82, 2.24) is 30.1 Å². The van der Waals surface area contributed by atoms with Crippen molar-refractivity contribution in [2.75, 3.05) is 11.6 Å². The molecule has 2 aromatic carbocycles. The Bertz CT molecular complexity index is 2160. The molecule has 0 aliphatic carbocycles. The number of hydrogen-bond acceptors (Lipinski definition) is 8. The van der Waals surface area contributed by atoms with Gasteiger partial charge in [-0.25, -0.2) is 22.2 Å². The molecule has 43 heavy (non-hydrogen) atoms. The van der Waals surface area contributed by atoms with Gasteiger partial charge in [0.1, 0.15) is 28.2 Å². The van der Waals surface area contributed by atoms with Crippen LogP contribution in [0.2, 0.25) is 0 Å². The molecule has 1 unspecified atom stereocenters. The van der Waals surface area contributed by atoms with Gasteiger partial charge in [-0.1, -0.05) is 6.92 Å². The minimum Gasteiger partial charge on any atom is -0.336 e. The topological polar surface area (TPSA) is 172 Å². The van der Waals surface area contributed by atoms with Crippen molar-refractivity contribution in [3.8, 4) is 33.9 Å². The Kier molecular flexibility index (Phi) is 6.94. The van der Waals surface area contributed by atoms with Crippen molar-refractivity contribution < 1.29 is 22.0 Å². The van der Waals surface area contributed by atoms with Crippen LogP contribution in [0.5, 0.6) is 0 Å². The molecule has 6 aromatic rings. The number of amides is 1. The first-order valence-electron chi connectivity index (χ1n) is 13.0. The summed E-state index contributed by atoms with van der Waals surface area (Å²) < 4.78 is 53.8. The molecule has 0 fully saturated rings. The molecule has 5 N–H and O–H groups in total. The van der Waals surface area contributed by atoms with Crippen LogP contribution in [0.4, 0.5) is 14.5 Å². The number of rotatable bonds is 7. The smallest absolute Gasteiger partial charge is 0.224 e. The van der Waals surface area contributed by atoms with E-state index in [9.17, 15) is 17.6 Å². The van der Waals surface area contributed by atoms with Crippen LogP contribution in [0.1, 0.15) is 24.3 Å². The molecule has 14 heteroatoms. The van der Waals surface area contributed by atoms with Crippen LogP contribution in [0.25, 0.3) is 55.8 Å². The highest BCUT2D eigenvalue weighted by Crippen LogP contribution is 2.35. The number of sulfone groups is 1. The number of benzene rings is 2. The molecule has 11 nitrogen and oxygen atoms in total. The lowest BCUT2D eigenvalue weighted by Gasteiger charge is -2.12. The molecule has 6 rings (SSSR count). The molecule has 4 heterocycles. The second kappa shape index (κ2) is 10.6. The van der Waals surface area contributed by atoms with Crippen molar-refractivity contribution in [1.29, 1.82) is 0 Å². The summed E-state index contributed by atoms with van der Waals surface area (Å²) in [6, 6.07) is 10.00. The molecular weight excluding hydrogens is 578 g/mol. The number of aromatic amines is 2. The molecular formula is C29H24F2N8O3S. The monoisotopic (exact) mass is 602 g/mol. The number of H-pyrrole nitrogens is 2. The highest BCUT2D eigenvalue weighted by Gasteiger charge is 2.22. The van der Waals surface area contributed by atoms with Crippen LogP contribution in [0.15, 0.2) is 61.1 Å². The van der Waals surface area contributed by atoms with Gasteiger partial charge in [-0.3, -0.25) is 19.9 Å². The Morgan fingerprint density at radius 2 is 1.86 bits per heavy atom. The van der Waals surface area contributed by atoms with Crippen LogP contribution < -0.4 is 11.1 Å². The highest BCUT2D eigenvalue weighted by molar-refractivity contribution is 7.90. The lowest BCUT2D eigenvalue weighted by Crippen LogP contribution is -2.20. The lowest BCUT2D eigenvalue weighted by molar-refractivity contribution is -0.115. The Morgan fingerprint density at radius 1 is 1.05 bits per heavy atom. The number of hydrogen-bond donors (Lipinski definition) is 4. The fraction of sp³-hybridized carbons (Fsp3) is 0.138. The molecule has 0 radical (unpaired) electrons. The van der Waals surface area contributed by atoms with Crippen molar-refractivity contribution in [3.05, 3.63) is 78.3 Å². The molecule has 4 aromatic heterocycles. The van der Waals surface area contributed by atoms with Gasteiger partial charge >= 0.3 is 0 Å². The number of imidazole rings is 1. The summed E-state index contributed by atoms with van der Waals surface area (Å²) in [5.41, 5.74) is 9.40. The second-order valence-electron chi connectivity index (χ2n) is 9.98. The van der Waals surface area contributed by atoms with Gasteiger partial charge in [0.2, 0.25) is 5.91 Å². The quantitative estimate of drug-likeness (QED) is 0.201. The first-order valence-corrected chi connectivity index (χ1v) is 15.0. The van der Waals surface area contributed by atoms with E-state index >= 15 is 4.39 Å². The maximum atomic E-state index is 15.2. The first-order chi connectivity index (χ1) is 20.5. The van der Waals surface area contributed by atoms with Gasteiger partial charge in [0.05, 0.1) is 28.6 Å². The SMILES string of the molecule is CCC(=O)Nc1cncc(-c2cc3c(-c4nc5c(-c6cc(F)cc(C(N)S(C)(=O)=O)c6)nccc5[nH]4)n[nH]c3cc2F)c1. The summed E-state index contributed by atoms with van der Waals surface area (Å²) in [4.78, 5) is 28.2. The summed E-state index contributed by atoms with van der Waals surface area (Å²) in [5.74, 6) is -1.06. The molecule has 0 bridgehead atoms. The maximum absolute atomic E-state index is 15.2. The van der Waals surface area contributed by atoms with Crippen LogP contribution in [0, 0.1) is 11.6 Å². The Balaban J connectivity index is 1.45. The molecule has 0 saturated heterocycles. The number of nitrogens with two attached hydrogens (primary N) is 1. The van der Waals surface area contributed by atoms with Crippen LogP contribution in [0.3, 0.4) is 0 Å². The van der Waals surface area contributed by atoms with E-state index in [0.29, 0.717) is 50.4 Å². The molecule has 218 valence electrons. The molecule has 1 amide bonds. The average molecular weight is 603 g/mol. The maximum Gasteiger partial charge on any atom is 0.224 e. The van der Waals surface area contributed by atoms with Crippen LogP contribution >= 0.6 is 0 Å². The number of aromatic nitrogens is 6. The van der Waals surface area contributed by atoms with Crippen molar-refractivity contribution in [2.45, 2.75) is 18.7 Å². The fourth-order valence-corrected chi connectivity index (χ4v) is 5.39. The van der Waals surface area contributed by atoms with E-state index in [2.05, 4.69) is 35.5 Å². The summed E-state index contributed by atoms with van der Waals surface area (Å²) in [6.07, 6.45) is 5.74. The van der Waals surface area contributed by atoms with Gasteiger partial charge in [0, 0.05) is 53.2 Å². The highest BCUT2D eigenvalue weighted by atomic mass is 32.2. The van der Waals surface area contributed by atoms with Crippen LogP contribution in [-0.4, -0.2) is 50.7 Å². The van der Waals surface area contributed by atoms with Gasteiger partial charge in [0.25, 0.3) is 0 Å². The third-order valence-corrected chi connectivity index (χ3v) is 8.11. The van der Waals surface area contributed by atoms with Crippen LogP contribution in [-0.2, 0) is 14.6 Å². The largest absolute Gasteiger partial charge is 0.336 e. The Hall–Kier alpha value is -5.08. The number of carbonyl (C=O) groups is 1. The minimum absolute atomic E-state index is 0.0766. The standard InChI is InChI=1S/C29H24F2N8O3S/c1-3-24(40)35-18-9-16(12-33-13-18)19-10-20-23(11-21(19)31)38-39-26(20)29-36-22-4-5-34-25(27(22)37-29)14-6-15(8-17(30)7-14)28(32)43(2,41)42/h4-13,28H,3,32H2,1-2H3,(H,35,40)(H,36,37)(H,38,39). The summed E-state index contributed by atoms with van der Waals surface area (Å²) >= 11 is 0. The molecule has 0 aliphatic heterocycles. The van der Waals surface area contributed by atoms with Gasteiger partial charge < -0.3 is 16.0 Å². The number of pyridine rings is 2. The minimum atomic E-state index is -3.69. The van der Waals surface area contributed by atoms with Crippen molar-refractivity contribution in [2.24, 2.45) is 5.73 Å². The molecule has 1 atom stereocenters.